The molecule has 0 spiro atoms. The van der Waals surface area contributed by atoms with Gasteiger partial charge in [-0.1, -0.05) is 48.6 Å². The van der Waals surface area contributed by atoms with Crippen LogP contribution in [0.1, 0.15) is 28.4 Å². The number of thioether (sulfide) groups is 1. The number of benzene rings is 3. The summed E-state index contributed by atoms with van der Waals surface area (Å²) in [6.07, 6.45) is 4.52. The lowest BCUT2D eigenvalue weighted by atomic mass is 10.1. The minimum absolute atomic E-state index is 0.201. The standard InChI is InChI=1S/C31H29F4N3O6S2/c1-2-3-4-5-6-18-45-19-17-37(22-24-9-16-28(32)29(20-24)38(40)41)21-23-7-14-27(15-8-23)46(42,43)36-30(39)25-10-12-26(13-11-25)44-31(33,34)35/h2-16,18,20H,17,19,21-22H2,1H3,(H,36,39)/b3-2-,5-4-,18-6+. The fourth-order valence-electron chi connectivity index (χ4n) is 3.94. The maximum Gasteiger partial charge on any atom is 0.573 e. The molecule has 0 fully saturated rings. The van der Waals surface area contributed by atoms with Gasteiger partial charge in [0.05, 0.1) is 9.82 Å². The van der Waals surface area contributed by atoms with Crippen molar-refractivity contribution in [2.75, 3.05) is 12.3 Å². The van der Waals surface area contributed by atoms with E-state index in [4.69, 9.17) is 0 Å². The maximum absolute atomic E-state index is 13.9. The Morgan fingerprint density at radius 2 is 1.61 bits per heavy atom. The first-order valence-electron chi connectivity index (χ1n) is 13.5. The number of carbonyl (C=O) groups is 1. The van der Waals surface area contributed by atoms with E-state index in [-0.39, 0.29) is 17.0 Å². The van der Waals surface area contributed by atoms with Crippen LogP contribution in [0.25, 0.3) is 0 Å². The SMILES string of the molecule is C\C=C/C=C\C=C\SCCN(Cc1ccc(S(=O)(=O)NC(=O)c2ccc(OC(F)(F)F)cc2)cc1)Cc1ccc(F)c([N+](=O)[O-])c1. The average molecular weight is 680 g/mol. The van der Waals surface area contributed by atoms with Gasteiger partial charge in [0.1, 0.15) is 5.75 Å². The number of hydrogen-bond donors (Lipinski definition) is 1. The molecule has 244 valence electrons. The molecule has 46 heavy (non-hydrogen) atoms. The van der Waals surface area contributed by atoms with Crippen LogP contribution in [0.3, 0.4) is 0 Å². The van der Waals surface area contributed by atoms with Crippen molar-refractivity contribution in [2.24, 2.45) is 0 Å². The van der Waals surface area contributed by atoms with Crippen LogP contribution in [0.2, 0.25) is 0 Å². The van der Waals surface area contributed by atoms with Crippen molar-refractivity contribution in [1.29, 1.82) is 0 Å². The third-order valence-corrected chi connectivity index (χ3v) is 8.17. The Labute approximate surface area is 267 Å². The van der Waals surface area contributed by atoms with Crippen LogP contribution < -0.4 is 9.46 Å². The molecule has 0 saturated carbocycles. The van der Waals surface area contributed by atoms with Crippen LogP contribution in [0.5, 0.6) is 5.75 Å². The molecule has 0 unspecified atom stereocenters. The molecular weight excluding hydrogens is 650 g/mol. The second-order valence-electron chi connectivity index (χ2n) is 9.51. The predicted molar refractivity (Wildman–Crippen MR) is 167 cm³/mol. The Morgan fingerprint density at radius 1 is 0.978 bits per heavy atom. The van der Waals surface area contributed by atoms with E-state index in [1.165, 1.54) is 24.3 Å². The molecule has 0 saturated heterocycles. The largest absolute Gasteiger partial charge is 0.573 e. The monoisotopic (exact) mass is 679 g/mol. The first-order chi connectivity index (χ1) is 21.8. The number of halogens is 4. The summed E-state index contributed by atoms with van der Waals surface area (Å²) in [5.41, 5.74) is 0.373. The quantitative estimate of drug-likeness (QED) is 0.0593. The minimum atomic E-state index is -4.92. The fraction of sp³-hybridized carbons (Fsp3) is 0.194. The predicted octanol–water partition coefficient (Wildman–Crippen LogP) is 7.13. The molecule has 1 amide bonds. The number of amides is 1. The van der Waals surface area contributed by atoms with Crippen LogP contribution in [-0.2, 0) is 23.1 Å². The van der Waals surface area contributed by atoms with Crippen LogP contribution in [0.15, 0.2) is 107 Å². The van der Waals surface area contributed by atoms with E-state index in [1.807, 2.05) is 52.3 Å². The second-order valence-corrected chi connectivity index (χ2v) is 12.2. The molecular formula is C31H29F4N3O6S2. The van der Waals surface area contributed by atoms with Gasteiger partial charge in [0.15, 0.2) is 0 Å². The van der Waals surface area contributed by atoms with Crippen LogP contribution in [-0.4, -0.2) is 42.8 Å². The summed E-state index contributed by atoms with van der Waals surface area (Å²) in [5, 5.41) is 13.1. The molecule has 0 aliphatic carbocycles. The smallest absolute Gasteiger partial charge is 0.406 e. The average Bonchev–Trinajstić information content (AvgIpc) is 2.99. The number of sulfonamides is 1. The number of ether oxygens (including phenoxy) is 1. The Kier molecular flexibility index (Phi) is 13.1. The summed E-state index contributed by atoms with van der Waals surface area (Å²) in [7, 11) is -4.33. The second kappa shape index (κ2) is 16.7. The summed E-state index contributed by atoms with van der Waals surface area (Å²) in [6, 6.07) is 13.1. The summed E-state index contributed by atoms with van der Waals surface area (Å²) < 4.78 is 82.3. The Morgan fingerprint density at radius 3 is 2.24 bits per heavy atom. The van der Waals surface area contributed by atoms with E-state index in [2.05, 4.69) is 4.74 Å². The van der Waals surface area contributed by atoms with Gasteiger partial charge < -0.3 is 4.74 Å². The van der Waals surface area contributed by atoms with Gasteiger partial charge in [-0.25, -0.2) is 13.1 Å². The first kappa shape index (κ1) is 36.0. The third kappa shape index (κ3) is 11.8. The zero-order valence-corrected chi connectivity index (χ0v) is 25.9. The Hall–Kier alpha value is -4.47. The summed E-state index contributed by atoms with van der Waals surface area (Å²) in [4.78, 5) is 24.6. The Balaban J connectivity index is 1.70. The molecule has 9 nitrogen and oxygen atoms in total. The minimum Gasteiger partial charge on any atom is -0.406 e. The van der Waals surface area contributed by atoms with E-state index in [0.717, 1.165) is 30.3 Å². The number of allylic oxidation sites excluding steroid dienone is 5. The molecule has 0 radical (unpaired) electrons. The number of rotatable bonds is 15. The van der Waals surface area contributed by atoms with Crippen molar-refractivity contribution in [2.45, 2.75) is 31.3 Å². The number of nitrogens with one attached hydrogen (secondary N) is 1. The molecule has 0 bridgehead atoms. The molecule has 3 aromatic carbocycles. The molecule has 1 N–H and O–H groups in total. The van der Waals surface area contributed by atoms with Crippen molar-refractivity contribution in [3.05, 3.63) is 135 Å². The highest BCUT2D eigenvalue weighted by atomic mass is 32.2. The molecule has 0 aromatic heterocycles. The highest BCUT2D eigenvalue weighted by molar-refractivity contribution is 8.02. The molecule has 15 heteroatoms. The van der Waals surface area contributed by atoms with Gasteiger partial charge >= 0.3 is 12.0 Å². The number of nitro groups is 1. The third-order valence-electron chi connectivity index (χ3n) is 6.06. The van der Waals surface area contributed by atoms with Crippen LogP contribution in [0, 0.1) is 15.9 Å². The van der Waals surface area contributed by atoms with E-state index >= 15 is 0 Å². The first-order valence-corrected chi connectivity index (χ1v) is 16.0. The van der Waals surface area contributed by atoms with E-state index in [9.17, 15) is 40.9 Å². The molecule has 0 aliphatic heterocycles. The summed E-state index contributed by atoms with van der Waals surface area (Å²) >= 11 is 1.54. The molecule has 3 rings (SSSR count). The van der Waals surface area contributed by atoms with Crippen molar-refractivity contribution < 1.29 is 40.4 Å². The number of alkyl halides is 3. The van der Waals surface area contributed by atoms with Gasteiger partial charge in [-0.15, -0.1) is 24.9 Å². The zero-order chi connectivity index (χ0) is 33.7. The maximum atomic E-state index is 13.9. The van der Waals surface area contributed by atoms with Gasteiger partial charge in [0, 0.05) is 37.0 Å². The van der Waals surface area contributed by atoms with E-state index in [1.54, 1.807) is 23.9 Å². The summed E-state index contributed by atoms with van der Waals surface area (Å²) in [6.45, 7) is 3.00. The van der Waals surface area contributed by atoms with Crippen LogP contribution in [0.4, 0.5) is 23.2 Å². The van der Waals surface area contributed by atoms with Crippen molar-refractivity contribution in [3.8, 4) is 5.75 Å². The lowest BCUT2D eigenvalue weighted by Crippen LogP contribution is -2.30. The van der Waals surface area contributed by atoms with E-state index in [0.29, 0.717) is 30.0 Å². The van der Waals surface area contributed by atoms with Gasteiger partial charge in [-0.05, 0) is 65.9 Å². The fourth-order valence-corrected chi connectivity index (χ4v) is 5.61. The molecule has 0 aliphatic rings. The number of carbonyl (C=O) groups excluding carboxylic acids is 1. The summed E-state index contributed by atoms with van der Waals surface area (Å²) in [5.74, 6) is -1.91. The highest BCUT2D eigenvalue weighted by Crippen LogP contribution is 2.24. The number of nitro benzene ring substituents is 1. The van der Waals surface area contributed by atoms with E-state index < -0.39 is 44.5 Å². The lowest BCUT2D eigenvalue weighted by Gasteiger charge is -2.22. The van der Waals surface area contributed by atoms with Gasteiger partial charge in [-0.3, -0.25) is 19.8 Å². The van der Waals surface area contributed by atoms with Crippen LogP contribution >= 0.6 is 11.8 Å². The van der Waals surface area contributed by atoms with Gasteiger partial charge in [-0.2, -0.15) is 4.39 Å². The van der Waals surface area contributed by atoms with Gasteiger partial charge in [0.25, 0.3) is 15.9 Å². The topological polar surface area (TPSA) is 119 Å². The zero-order valence-electron chi connectivity index (χ0n) is 24.3. The molecule has 0 atom stereocenters. The van der Waals surface area contributed by atoms with Crippen molar-refractivity contribution in [1.82, 2.24) is 9.62 Å². The molecule has 0 heterocycles. The van der Waals surface area contributed by atoms with Gasteiger partial charge in [0.2, 0.25) is 5.82 Å². The molecule has 3 aromatic rings. The number of hydrogen-bond acceptors (Lipinski definition) is 8. The van der Waals surface area contributed by atoms with Crippen molar-refractivity contribution in [3.63, 3.8) is 0 Å². The lowest BCUT2D eigenvalue weighted by molar-refractivity contribution is -0.387. The highest BCUT2D eigenvalue weighted by Gasteiger charge is 2.31. The van der Waals surface area contributed by atoms with Crippen molar-refractivity contribution >= 4 is 33.4 Å². The Bertz CT molecular complexity index is 1690. The normalized spacial score (nSPS) is 12.4. The number of nitrogens with zero attached hydrogens (tertiary/aromatic N) is 2.